The maximum atomic E-state index is 12.6. The van der Waals surface area contributed by atoms with E-state index in [4.69, 9.17) is 10.00 Å². The van der Waals surface area contributed by atoms with Crippen molar-refractivity contribution in [1.29, 1.82) is 5.26 Å². The van der Waals surface area contributed by atoms with E-state index in [1.165, 1.54) is 0 Å². The molecule has 3 amide bonds. The molecule has 1 unspecified atom stereocenters. The number of imide groups is 1. The molecule has 1 fully saturated rings. The average molecular weight is 349 g/mol. The molecular weight excluding hydrogens is 334 g/mol. The number of ether oxygens (including phenoxy) is 1. The van der Waals surface area contributed by atoms with Crippen LogP contribution in [0.2, 0.25) is 0 Å². The van der Waals surface area contributed by atoms with E-state index in [-0.39, 0.29) is 19.1 Å². The van der Waals surface area contributed by atoms with E-state index in [1.807, 2.05) is 12.1 Å². The van der Waals surface area contributed by atoms with E-state index in [0.717, 1.165) is 10.5 Å². The highest BCUT2D eigenvalue weighted by Crippen LogP contribution is 2.18. The summed E-state index contributed by atoms with van der Waals surface area (Å²) in [7, 11) is 0. The van der Waals surface area contributed by atoms with E-state index in [1.54, 1.807) is 48.5 Å². The zero-order valence-electron chi connectivity index (χ0n) is 13.7. The van der Waals surface area contributed by atoms with Gasteiger partial charge in [-0.1, -0.05) is 30.3 Å². The van der Waals surface area contributed by atoms with Crippen LogP contribution in [0.1, 0.15) is 27.5 Å². The monoisotopic (exact) mass is 349 g/mol. The van der Waals surface area contributed by atoms with Crippen molar-refractivity contribution >= 4 is 17.9 Å². The van der Waals surface area contributed by atoms with Gasteiger partial charge < -0.3 is 10.1 Å². The molecular formula is C19H15N3O4. The highest BCUT2D eigenvalue weighted by Gasteiger charge is 2.33. The summed E-state index contributed by atoms with van der Waals surface area (Å²) < 4.78 is 4.72. The Bertz CT molecular complexity index is 856. The molecule has 26 heavy (non-hydrogen) atoms. The summed E-state index contributed by atoms with van der Waals surface area (Å²) in [5, 5.41) is 11.7. The number of nitrogens with one attached hydrogen (secondary N) is 1. The molecule has 3 rings (SSSR count). The first kappa shape index (κ1) is 17.2. The van der Waals surface area contributed by atoms with Crippen LogP contribution in [-0.2, 0) is 9.53 Å². The number of carbonyl (C=O) groups is 3. The number of cyclic esters (lactones) is 1. The summed E-state index contributed by atoms with van der Waals surface area (Å²) in [6, 6.07) is 16.6. The van der Waals surface area contributed by atoms with Crippen molar-refractivity contribution in [3.05, 3.63) is 71.3 Å². The molecule has 7 heteroatoms. The average Bonchev–Trinajstić information content (AvgIpc) is 3.00. The van der Waals surface area contributed by atoms with Crippen LogP contribution < -0.4 is 5.32 Å². The van der Waals surface area contributed by atoms with E-state index >= 15 is 0 Å². The summed E-state index contributed by atoms with van der Waals surface area (Å²) in [4.78, 5) is 37.1. The lowest BCUT2D eigenvalue weighted by Gasteiger charge is -2.22. The third-order valence-corrected chi connectivity index (χ3v) is 3.99. The fourth-order valence-corrected chi connectivity index (χ4v) is 2.60. The predicted molar refractivity (Wildman–Crippen MR) is 90.9 cm³/mol. The standard InChI is InChI=1S/C19H15N3O4/c20-10-13-6-8-15(9-7-13)18(24)21-16(14-4-2-1-3-5-14)11-22-17(23)12-26-19(22)25/h1-9,16H,11-12H2,(H,21,24). The van der Waals surface area contributed by atoms with Gasteiger partial charge in [0.05, 0.1) is 24.2 Å². The first-order valence-corrected chi connectivity index (χ1v) is 7.91. The SMILES string of the molecule is N#Cc1ccc(C(=O)NC(CN2C(=O)COC2=O)c2ccccc2)cc1. The Hall–Kier alpha value is -3.66. The highest BCUT2D eigenvalue weighted by molar-refractivity contribution is 5.98. The van der Waals surface area contributed by atoms with Gasteiger partial charge in [-0.25, -0.2) is 9.69 Å². The van der Waals surface area contributed by atoms with Gasteiger partial charge in [0.2, 0.25) is 0 Å². The zero-order chi connectivity index (χ0) is 18.5. The summed E-state index contributed by atoms with van der Waals surface area (Å²) in [5.41, 5.74) is 1.58. The Balaban J connectivity index is 1.81. The van der Waals surface area contributed by atoms with Crippen LogP contribution in [0.4, 0.5) is 4.79 Å². The van der Waals surface area contributed by atoms with Crippen molar-refractivity contribution in [1.82, 2.24) is 10.2 Å². The second-order valence-electron chi connectivity index (χ2n) is 5.68. The lowest BCUT2D eigenvalue weighted by atomic mass is 10.1. The molecule has 1 heterocycles. The van der Waals surface area contributed by atoms with Crippen molar-refractivity contribution in [2.45, 2.75) is 6.04 Å². The molecule has 0 saturated carbocycles. The summed E-state index contributed by atoms with van der Waals surface area (Å²) in [6.45, 7) is -0.312. The van der Waals surface area contributed by atoms with Gasteiger partial charge in [-0.2, -0.15) is 5.26 Å². The summed E-state index contributed by atoms with van der Waals surface area (Å²) >= 11 is 0. The van der Waals surface area contributed by atoms with Gasteiger partial charge in [0.15, 0.2) is 6.61 Å². The molecule has 2 aromatic carbocycles. The predicted octanol–water partition coefficient (Wildman–Crippen LogP) is 2.01. The van der Waals surface area contributed by atoms with E-state index in [0.29, 0.717) is 11.1 Å². The fraction of sp³-hybridized carbons (Fsp3) is 0.158. The largest absolute Gasteiger partial charge is 0.439 e. The first-order valence-electron chi connectivity index (χ1n) is 7.91. The molecule has 1 saturated heterocycles. The van der Waals surface area contributed by atoms with Gasteiger partial charge in [-0.3, -0.25) is 9.59 Å². The molecule has 1 aliphatic heterocycles. The van der Waals surface area contributed by atoms with Crippen LogP contribution in [-0.4, -0.2) is 36.0 Å². The number of carbonyl (C=O) groups excluding carboxylic acids is 3. The molecule has 0 radical (unpaired) electrons. The van der Waals surface area contributed by atoms with Crippen LogP contribution in [0.3, 0.4) is 0 Å². The van der Waals surface area contributed by atoms with Crippen LogP contribution in [0.25, 0.3) is 0 Å². The van der Waals surface area contributed by atoms with Gasteiger partial charge in [0.25, 0.3) is 11.8 Å². The Labute approximate surface area is 149 Å². The molecule has 0 aliphatic carbocycles. The van der Waals surface area contributed by atoms with Crippen molar-refractivity contribution in [2.24, 2.45) is 0 Å². The maximum absolute atomic E-state index is 12.6. The van der Waals surface area contributed by atoms with Crippen LogP contribution in [0, 0.1) is 11.3 Å². The highest BCUT2D eigenvalue weighted by atomic mass is 16.6. The third kappa shape index (κ3) is 3.70. The lowest BCUT2D eigenvalue weighted by Crippen LogP contribution is -2.40. The number of benzene rings is 2. The van der Waals surface area contributed by atoms with Crippen molar-refractivity contribution in [2.75, 3.05) is 13.2 Å². The third-order valence-electron chi connectivity index (χ3n) is 3.99. The fourth-order valence-electron chi connectivity index (χ4n) is 2.60. The van der Waals surface area contributed by atoms with Gasteiger partial charge in [-0.15, -0.1) is 0 Å². The number of rotatable bonds is 5. The topological polar surface area (TPSA) is 99.5 Å². The molecule has 0 bridgehead atoms. The van der Waals surface area contributed by atoms with Crippen LogP contribution in [0.5, 0.6) is 0 Å². The molecule has 7 nitrogen and oxygen atoms in total. The summed E-state index contributed by atoms with van der Waals surface area (Å²) in [6.07, 6.45) is -0.719. The maximum Gasteiger partial charge on any atom is 0.417 e. The van der Waals surface area contributed by atoms with Gasteiger partial charge in [0, 0.05) is 5.56 Å². The molecule has 0 spiro atoms. The van der Waals surface area contributed by atoms with E-state index in [9.17, 15) is 14.4 Å². The molecule has 1 aliphatic rings. The van der Waals surface area contributed by atoms with Crippen molar-refractivity contribution in [3.8, 4) is 6.07 Å². The minimum atomic E-state index is -0.719. The second-order valence-corrected chi connectivity index (χ2v) is 5.68. The van der Waals surface area contributed by atoms with Gasteiger partial charge >= 0.3 is 6.09 Å². The lowest BCUT2D eigenvalue weighted by molar-refractivity contribution is -0.126. The molecule has 130 valence electrons. The number of nitriles is 1. The zero-order valence-corrected chi connectivity index (χ0v) is 13.7. The minimum Gasteiger partial charge on any atom is -0.439 e. The quantitative estimate of drug-likeness (QED) is 0.890. The smallest absolute Gasteiger partial charge is 0.417 e. The molecule has 2 aromatic rings. The van der Waals surface area contributed by atoms with Crippen molar-refractivity contribution < 1.29 is 19.1 Å². The Kier molecular flexibility index (Phi) is 4.94. The Morgan fingerprint density at radius 1 is 1.15 bits per heavy atom. The van der Waals surface area contributed by atoms with Crippen LogP contribution in [0.15, 0.2) is 54.6 Å². The number of hydrogen-bond acceptors (Lipinski definition) is 5. The number of hydrogen-bond donors (Lipinski definition) is 1. The Morgan fingerprint density at radius 2 is 1.85 bits per heavy atom. The van der Waals surface area contributed by atoms with Crippen LogP contribution >= 0.6 is 0 Å². The van der Waals surface area contributed by atoms with Gasteiger partial charge in [0.1, 0.15) is 0 Å². The minimum absolute atomic E-state index is 0.0241. The first-order chi connectivity index (χ1) is 12.6. The molecule has 1 atom stereocenters. The van der Waals surface area contributed by atoms with E-state index < -0.39 is 18.0 Å². The van der Waals surface area contributed by atoms with E-state index in [2.05, 4.69) is 5.32 Å². The Morgan fingerprint density at radius 3 is 2.42 bits per heavy atom. The number of nitrogens with zero attached hydrogens (tertiary/aromatic N) is 2. The van der Waals surface area contributed by atoms with Crippen molar-refractivity contribution in [3.63, 3.8) is 0 Å². The summed E-state index contributed by atoms with van der Waals surface area (Å²) in [5.74, 6) is -0.813. The molecule has 0 aromatic heterocycles. The normalized spacial score (nSPS) is 14.5. The van der Waals surface area contributed by atoms with Gasteiger partial charge in [-0.05, 0) is 29.8 Å². The molecule has 1 N–H and O–H groups in total. The second kappa shape index (κ2) is 7.49. The number of amides is 3.